The average Bonchev–Trinajstić information content (AvgIpc) is 2.46. The Morgan fingerprint density at radius 2 is 1.90 bits per heavy atom. The summed E-state index contributed by atoms with van der Waals surface area (Å²) in [4.78, 5) is 0.275. The summed E-state index contributed by atoms with van der Waals surface area (Å²) in [6.45, 7) is 0.663. The van der Waals surface area contributed by atoms with Gasteiger partial charge in [-0.2, -0.15) is 0 Å². The molecular formula is C16H17ClN2OS. The van der Waals surface area contributed by atoms with Gasteiger partial charge in [-0.15, -0.1) is 0 Å². The molecule has 21 heavy (non-hydrogen) atoms. The van der Waals surface area contributed by atoms with Crippen LogP contribution >= 0.6 is 23.8 Å². The van der Waals surface area contributed by atoms with Gasteiger partial charge in [0.15, 0.2) is 0 Å². The fourth-order valence-corrected chi connectivity index (χ4v) is 2.65. The summed E-state index contributed by atoms with van der Waals surface area (Å²) < 4.78 is 5.14. The number of anilines is 2. The normalized spacial score (nSPS) is 10.4. The van der Waals surface area contributed by atoms with Crippen LogP contribution in [0.3, 0.4) is 0 Å². The number of methoxy groups -OCH3 is 1. The molecule has 5 heteroatoms. The maximum Gasteiger partial charge on any atom is 0.107 e. The monoisotopic (exact) mass is 320 g/mol. The predicted octanol–water partition coefficient (Wildman–Crippen LogP) is 3.91. The topological polar surface area (TPSA) is 47.3 Å². The van der Waals surface area contributed by atoms with E-state index in [1.807, 2.05) is 30.3 Å². The molecule has 0 unspecified atom stereocenters. The minimum absolute atomic E-state index is 0.275. The molecule has 0 radical (unpaired) electrons. The van der Waals surface area contributed by atoms with Gasteiger partial charge in [0.25, 0.3) is 0 Å². The van der Waals surface area contributed by atoms with E-state index >= 15 is 0 Å². The lowest BCUT2D eigenvalue weighted by Gasteiger charge is -2.15. The van der Waals surface area contributed by atoms with Gasteiger partial charge in [-0.05, 0) is 30.2 Å². The number of nitrogens with two attached hydrogens (primary N) is 1. The van der Waals surface area contributed by atoms with Gasteiger partial charge in [0, 0.05) is 12.8 Å². The minimum Gasteiger partial charge on any atom is -0.389 e. The number of thiocarbonyl (C=S) groups is 1. The highest BCUT2D eigenvalue weighted by Gasteiger charge is 2.11. The quantitative estimate of drug-likeness (QED) is 0.792. The van der Waals surface area contributed by atoms with E-state index in [0.29, 0.717) is 17.2 Å². The molecule has 0 atom stereocenters. The molecule has 0 bridgehead atoms. The molecule has 0 saturated carbocycles. The highest BCUT2D eigenvalue weighted by molar-refractivity contribution is 7.80. The van der Waals surface area contributed by atoms with Crippen LogP contribution in [0.25, 0.3) is 0 Å². The summed E-state index contributed by atoms with van der Waals surface area (Å²) in [6.07, 6.45) is 0.822. The summed E-state index contributed by atoms with van der Waals surface area (Å²) in [5.41, 5.74) is 9.40. The van der Waals surface area contributed by atoms with Crippen molar-refractivity contribution in [1.29, 1.82) is 0 Å². The van der Waals surface area contributed by atoms with E-state index in [2.05, 4.69) is 11.4 Å². The fourth-order valence-electron chi connectivity index (χ4n) is 2.10. The summed E-state index contributed by atoms with van der Waals surface area (Å²) in [7, 11) is 1.69. The Balaban J connectivity index is 2.35. The molecule has 0 fully saturated rings. The van der Waals surface area contributed by atoms with Gasteiger partial charge in [-0.25, -0.2) is 0 Å². The Hall–Kier alpha value is -1.62. The molecule has 0 saturated heterocycles. The first-order valence-electron chi connectivity index (χ1n) is 6.55. The lowest BCUT2D eigenvalue weighted by molar-refractivity contribution is 0.202. The summed E-state index contributed by atoms with van der Waals surface area (Å²) in [5, 5.41) is 3.91. The molecule has 0 heterocycles. The summed E-state index contributed by atoms with van der Waals surface area (Å²) in [5.74, 6) is 0. The van der Waals surface area contributed by atoms with Crippen molar-refractivity contribution in [2.75, 3.05) is 19.0 Å². The van der Waals surface area contributed by atoms with E-state index in [1.165, 1.54) is 0 Å². The van der Waals surface area contributed by atoms with E-state index in [0.717, 1.165) is 23.4 Å². The number of para-hydroxylation sites is 1. The van der Waals surface area contributed by atoms with Crippen molar-refractivity contribution in [3.63, 3.8) is 0 Å². The zero-order valence-electron chi connectivity index (χ0n) is 11.7. The second-order valence-electron chi connectivity index (χ2n) is 4.55. The smallest absolute Gasteiger partial charge is 0.107 e. The van der Waals surface area contributed by atoms with Crippen LogP contribution in [0.1, 0.15) is 11.1 Å². The second-order valence-corrected chi connectivity index (χ2v) is 5.40. The highest BCUT2D eigenvalue weighted by atomic mass is 35.5. The lowest BCUT2D eigenvalue weighted by atomic mass is 10.1. The van der Waals surface area contributed by atoms with Crippen molar-refractivity contribution in [2.24, 2.45) is 5.73 Å². The van der Waals surface area contributed by atoms with Gasteiger partial charge in [0.1, 0.15) is 4.99 Å². The Morgan fingerprint density at radius 3 is 2.62 bits per heavy atom. The molecule has 0 aliphatic carbocycles. The van der Waals surface area contributed by atoms with E-state index in [1.54, 1.807) is 13.2 Å². The first-order chi connectivity index (χ1) is 10.1. The van der Waals surface area contributed by atoms with Crippen LogP contribution in [-0.2, 0) is 11.2 Å². The molecular weight excluding hydrogens is 304 g/mol. The number of ether oxygens (including phenoxy) is 1. The predicted molar refractivity (Wildman–Crippen MR) is 92.6 cm³/mol. The highest BCUT2D eigenvalue weighted by Crippen LogP contribution is 2.28. The lowest BCUT2D eigenvalue weighted by Crippen LogP contribution is -2.13. The van der Waals surface area contributed by atoms with Gasteiger partial charge in [-0.1, -0.05) is 48.1 Å². The van der Waals surface area contributed by atoms with Gasteiger partial charge < -0.3 is 15.8 Å². The maximum atomic E-state index is 6.19. The average molecular weight is 321 g/mol. The minimum atomic E-state index is 0.275. The first-order valence-corrected chi connectivity index (χ1v) is 7.34. The third-order valence-electron chi connectivity index (χ3n) is 3.12. The van der Waals surface area contributed by atoms with Crippen LogP contribution < -0.4 is 11.1 Å². The van der Waals surface area contributed by atoms with Crippen molar-refractivity contribution in [2.45, 2.75) is 6.42 Å². The van der Waals surface area contributed by atoms with Crippen molar-refractivity contribution in [1.82, 2.24) is 0 Å². The molecule has 0 aromatic heterocycles. The molecule has 0 amide bonds. The molecule has 110 valence electrons. The zero-order valence-corrected chi connectivity index (χ0v) is 13.3. The molecule has 0 aliphatic heterocycles. The van der Waals surface area contributed by atoms with Crippen molar-refractivity contribution >= 4 is 40.2 Å². The molecule has 2 rings (SSSR count). The second kappa shape index (κ2) is 7.41. The third kappa shape index (κ3) is 3.94. The van der Waals surface area contributed by atoms with Crippen LogP contribution in [-0.4, -0.2) is 18.7 Å². The third-order valence-corrected chi connectivity index (χ3v) is 3.64. The van der Waals surface area contributed by atoms with Gasteiger partial charge in [-0.3, -0.25) is 0 Å². The number of benzene rings is 2. The van der Waals surface area contributed by atoms with Gasteiger partial charge in [0.2, 0.25) is 0 Å². The molecule has 3 nitrogen and oxygen atoms in total. The molecule has 0 aliphatic rings. The van der Waals surface area contributed by atoms with Gasteiger partial charge >= 0.3 is 0 Å². The van der Waals surface area contributed by atoms with Crippen molar-refractivity contribution < 1.29 is 4.74 Å². The van der Waals surface area contributed by atoms with E-state index in [9.17, 15) is 0 Å². The zero-order chi connectivity index (χ0) is 15.2. The largest absolute Gasteiger partial charge is 0.389 e. The van der Waals surface area contributed by atoms with Crippen molar-refractivity contribution in [3.8, 4) is 0 Å². The number of halogens is 1. The maximum absolute atomic E-state index is 6.19. The van der Waals surface area contributed by atoms with Crippen LogP contribution in [0.4, 0.5) is 11.4 Å². The Bertz CT molecular complexity index is 646. The summed E-state index contributed by atoms with van der Waals surface area (Å²) in [6, 6.07) is 13.6. The molecule has 2 aromatic rings. The van der Waals surface area contributed by atoms with E-state index in [4.69, 9.17) is 34.3 Å². The summed E-state index contributed by atoms with van der Waals surface area (Å²) >= 11 is 11.3. The van der Waals surface area contributed by atoms with Gasteiger partial charge in [0.05, 0.1) is 22.9 Å². The van der Waals surface area contributed by atoms with Crippen LogP contribution in [0.5, 0.6) is 0 Å². The SMILES string of the molecule is COCCc1ccccc1Nc1cccc(Cl)c1C(N)=S. The number of rotatable bonds is 6. The van der Waals surface area contributed by atoms with Crippen LogP contribution in [0.15, 0.2) is 42.5 Å². The Kier molecular flexibility index (Phi) is 5.56. The molecule has 3 N–H and O–H groups in total. The van der Waals surface area contributed by atoms with Crippen LogP contribution in [0.2, 0.25) is 5.02 Å². The Labute approximate surface area is 135 Å². The molecule has 2 aromatic carbocycles. The number of hydrogen-bond donors (Lipinski definition) is 2. The Morgan fingerprint density at radius 1 is 1.19 bits per heavy atom. The standard InChI is InChI=1S/C16H17ClN2OS/c1-20-10-9-11-5-2-3-7-13(11)19-14-8-4-6-12(17)15(14)16(18)21/h2-8,19H,9-10H2,1H3,(H2,18,21). The number of hydrogen-bond acceptors (Lipinski definition) is 3. The first kappa shape index (κ1) is 15.8. The van der Waals surface area contributed by atoms with Crippen LogP contribution in [0, 0.1) is 0 Å². The van der Waals surface area contributed by atoms with Crippen molar-refractivity contribution in [3.05, 3.63) is 58.6 Å². The van der Waals surface area contributed by atoms with E-state index < -0.39 is 0 Å². The molecule has 0 spiro atoms. The number of nitrogens with one attached hydrogen (secondary N) is 1. The fraction of sp³-hybridized carbons (Fsp3) is 0.188. The van der Waals surface area contributed by atoms with E-state index in [-0.39, 0.29) is 4.99 Å².